The largest absolute Gasteiger partial charge is 0.496 e. The molecular formula is C22H33N5O2. The number of fused-ring (bicyclic) bond motifs is 1. The quantitative estimate of drug-likeness (QED) is 0.775. The third kappa shape index (κ3) is 4.96. The summed E-state index contributed by atoms with van der Waals surface area (Å²) < 4.78 is 7.58. The summed E-state index contributed by atoms with van der Waals surface area (Å²) in [6.45, 7) is 11.8. The van der Waals surface area contributed by atoms with Crippen LogP contribution in [-0.2, 0) is 24.3 Å². The lowest BCUT2D eigenvalue weighted by Gasteiger charge is -2.23. The van der Waals surface area contributed by atoms with Crippen molar-refractivity contribution in [2.75, 3.05) is 20.2 Å². The Kier molecular flexibility index (Phi) is 6.90. The maximum atomic E-state index is 12.0. The summed E-state index contributed by atoms with van der Waals surface area (Å²) in [5.41, 5.74) is 2.45. The lowest BCUT2D eigenvalue weighted by atomic mass is 10.0. The summed E-state index contributed by atoms with van der Waals surface area (Å²) in [6.07, 6.45) is 1.33. The van der Waals surface area contributed by atoms with E-state index in [9.17, 15) is 4.79 Å². The first-order valence-electron chi connectivity index (χ1n) is 10.5. The average Bonchev–Trinajstić information content (AvgIpc) is 2.99. The Balaban J connectivity index is 1.72. The molecule has 158 valence electrons. The Hall–Kier alpha value is -2.41. The van der Waals surface area contributed by atoms with Gasteiger partial charge in [-0.3, -0.25) is 9.69 Å². The summed E-state index contributed by atoms with van der Waals surface area (Å²) in [6, 6.07) is 6.26. The minimum atomic E-state index is -0.112. The summed E-state index contributed by atoms with van der Waals surface area (Å²) in [5.74, 6) is 3.10. The minimum Gasteiger partial charge on any atom is -0.496 e. The fourth-order valence-corrected chi connectivity index (χ4v) is 3.88. The molecule has 0 saturated heterocycles. The SMILES string of the molecule is CCC(=O)NC(c1nnc2n1CCN(Cc1ccc(OC)c(C)c1)CC2)C(C)C. The van der Waals surface area contributed by atoms with Crippen molar-refractivity contribution in [2.24, 2.45) is 5.92 Å². The van der Waals surface area contributed by atoms with Crippen LogP contribution in [0, 0.1) is 12.8 Å². The number of hydrogen-bond acceptors (Lipinski definition) is 5. The van der Waals surface area contributed by atoms with Crippen molar-refractivity contribution in [1.82, 2.24) is 25.0 Å². The number of amides is 1. The van der Waals surface area contributed by atoms with Crippen LogP contribution in [-0.4, -0.2) is 45.8 Å². The fourth-order valence-electron chi connectivity index (χ4n) is 3.88. The summed E-state index contributed by atoms with van der Waals surface area (Å²) >= 11 is 0. The van der Waals surface area contributed by atoms with Crippen LogP contribution in [0.15, 0.2) is 18.2 Å². The molecule has 1 atom stereocenters. The number of hydrogen-bond donors (Lipinski definition) is 1. The van der Waals surface area contributed by atoms with Crippen LogP contribution >= 0.6 is 0 Å². The number of benzene rings is 1. The van der Waals surface area contributed by atoms with Gasteiger partial charge in [0.05, 0.1) is 13.2 Å². The van der Waals surface area contributed by atoms with Crippen LogP contribution in [0.2, 0.25) is 0 Å². The van der Waals surface area contributed by atoms with Crippen molar-refractivity contribution >= 4 is 5.91 Å². The standard InChI is InChI=1S/C22H33N5O2/c1-6-20(28)23-21(15(2)3)22-25-24-19-9-10-26(11-12-27(19)22)14-17-7-8-18(29-5)16(4)13-17/h7-8,13,15,21H,6,9-12,14H2,1-5H3,(H,23,28). The van der Waals surface area contributed by atoms with Gasteiger partial charge in [-0.25, -0.2) is 0 Å². The molecule has 7 nitrogen and oxygen atoms in total. The van der Waals surface area contributed by atoms with E-state index in [1.165, 1.54) is 5.56 Å². The molecule has 1 aromatic heterocycles. The van der Waals surface area contributed by atoms with Gasteiger partial charge in [0.15, 0.2) is 5.82 Å². The number of aromatic nitrogens is 3. The maximum absolute atomic E-state index is 12.0. The molecule has 1 aliphatic heterocycles. The van der Waals surface area contributed by atoms with Crippen LogP contribution in [0.5, 0.6) is 5.75 Å². The van der Waals surface area contributed by atoms with Crippen LogP contribution in [0.25, 0.3) is 0 Å². The minimum absolute atomic E-state index is 0.0474. The molecule has 0 aliphatic carbocycles. The smallest absolute Gasteiger partial charge is 0.220 e. The van der Waals surface area contributed by atoms with E-state index in [0.717, 1.165) is 55.6 Å². The summed E-state index contributed by atoms with van der Waals surface area (Å²) in [4.78, 5) is 14.5. The Labute approximate surface area is 173 Å². The molecule has 0 saturated carbocycles. The predicted molar refractivity (Wildman–Crippen MR) is 113 cm³/mol. The molecule has 0 bridgehead atoms. The number of aryl methyl sites for hydroxylation is 1. The van der Waals surface area contributed by atoms with E-state index in [4.69, 9.17) is 4.74 Å². The van der Waals surface area contributed by atoms with Gasteiger partial charge in [-0.1, -0.05) is 32.9 Å². The third-order valence-electron chi connectivity index (χ3n) is 5.60. The third-order valence-corrected chi connectivity index (χ3v) is 5.60. The van der Waals surface area contributed by atoms with E-state index in [1.54, 1.807) is 7.11 Å². The van der Waals surface area contributed by atoms with Crippen LogP contribution in [0.1, 0.15) is 56.0 Å². The molecule has 1 aliphatic rings. The Morgan fingerprint density at radius 3 is 2.69 bits per heavy atom. The molecule has 1 N–H and O–H groups in total. The van der Waals surface area contributed by atoms with E-state index in [0.29, 0.717) is 6.42 Å². The molecule has 29 heavy (non-hydrogen) atoms. The highest BCUT2D eigenvalue weighted by Crippen LogP contribution is 2.24. The second-order valence-corrected chi connectivity index (χ2v) is 8.10. The Bertz CT molecular complexity index is 846. The molecule has 1 aromatic carbocycles. The monoisotopic (exact) mass is 399 g/mol. The topological polar surface area (TPSA) is 72.3 Å². The zero-order valence-corrected chi connectivity index (χ0v) is 18.2. The highest BCUT2D eigenvalue weighted by Gasteiger charge is 2.27. The average molecular weight is 400 g/mol. The second-order valence-electron chi connectivity index (χ2n) is 8.10. The van der Waals surface area contributed by atoms with Gasteiger partial charge in [-0.05, 0) is 30.0 Å². The van der Waals surface area contributed by atoms with E-state index >= 15 is 0 Å². The first-order chi connectivity index (χ1) is 13.9. The van der Waals surface area contributed by atoms with Gasteiger partial charge in [0.2, 0.25) is 5.91 Å². The number of nitrogens with one attached hydrogen (secondary N) is 1. The van der Waals surface area contributed by atoms with Crippen molar-refractivity contribution in [2.45, 2.75) is 59.7 Å². The van der Waals surface area contributed by atoms with E-state index in [2.05, 4.69) is 57.9 Å². The lowest BCUT2D eigenvalue weighted by Crippen LogP contribution is -2.34. The molecule has 2 heterocycles. The number of rotatable bonds is 7. The normalized spacial score (nSPS) is 15.7. The van der Waals surface area contributed by atoms with Crippen LogP contribution in [0.3, 0.4) is 0 Å². The van der Waals surface area contributed by atoms with Crippen molar-refractivity contribution in [3.63, 3.8) is 0 Å². The highest BCUT2D eigenvalue weighted by atomic mass is 16.5. The highest BCUT2D eigenvalue weighted by molar-refractivity contribution is 5.75. The molecule has 0 fully saturated rings. The van der Waals surface area contributed by atoms with Crippen molar-refractivity contribution in [3.05, 3.63) is 41.0 Å². The second kappa shape index (κ2) is 9.39. The number of methoxy groups -OCH3 is 1. The first-order valence-corrected chi connectivity index (χ1v) is 10.5. The molecule has 1 amide bonds. The van der Waals surface area contributed by atoms with Gasteiger partial charge in [0.25, 0.3) is 0 Å². The molecule has 0 radical (unpaired) electrons. The predicted octanol–water partition coefficient (Wildman–Crippen LogP) is 2.88. The first kappa shape index (κ1) is 21.3. The van der Waals surface area contributed by atoms with Gasteiger partial charge < -0.3 is 14.6 Å². The lowest BCUT2D eigenvalue weighted by molar-refractivity contribution is -0.121. The van der Waals surface area contributed by atoms with Crippen LogP contribution in [0.4, 0.5) is 0 Å². The van der Waals surface area contributed by atoms with Crippen molar-refractivity contribution < 1.29 is 9.53 Å². The van der Waals surface area contributed by atoms with Gasteiger partial charge >= 0.3 is 0 Å². The number of nitrogens with zero attached hydrogens (tertiary/aromatic N) is 4. The molecule has 2 aromatic rings. The van der Waals surface area contributed by atoms with Crippen LogP contribution < -0.4 is 10.1 Å². The molecule has 3 rings (SSSR count). The van der Waals surface area contributed by atoms with Crippen molar-refractivity contribution in [1.29, 1.82) is 0 Å². The van der Waals surface area contributed by atoms with Gasteiger partial charge in [0.1, 0.15) is 11.6 Å². The number of carbonyl (C=O) groups excluding carboxylic acids is 1. The number of carbonyl (C=O) groups is 1. The summed E-state index contributed by atoms with van der Waals surface area (Å²) in [7, 11) is 1.71. The molecule has 0 spiro atoms. The molecule has 7 heteroatoms. The summed E-state index contributed by atoms with van der Waals surface area (Å²) in [5, 5.41) is 12.0. The Morgan fingerprint density at radius 2 is 2.03 bits per heavy atom. The van der Waals surface area contributed by atoms with Gasteiger partial charge in [-0.2, -0.15) is 0 Å². The van der Waals surface area contributed by atoms with E-state index in [-0.39, 0.29) is 17.9 Å². The van der Waals surface area contributed by atoms with Gasteiger partial charge in [-0.15, -0.1) is 10.2 Å². The molecular weight excluding hydrogens is 366 g/mol. The fraction of sp³-hybridized carbons (Fsp3) is 0.591. The Morgan fingerprint density at radius 1 is 1.24 bits per heavy atom. The zero-order valence-electron chi connectivity index (χ0n) is 18.2. The molecule has 1 unspecified atom stereocenters. The van der Waals surface area contributed by atoms with Gasteiger partial charge in [0, 0.05) is 39.0 Å². The van der Waals surface area contributed by atoms with Crippen molar-refractivity contribution in [3.8, 4) is 5.75 Å². The maximum Gasteiger partial charge on any atom is 0.220 e. The van der Waals surface area contributed by atoms with E-state index < -0.39 is 0 Å². The van der Waals surface area contributed by atoms with E-state index in [1.807, 2.05) is 13.0 Å². The number of ether oxygens (including phenoxy) is 1. The zero-order chi connectivity index (χ0) is 21.0.